The molecule has 0 radical (unpaired) electrons. The first kappa shape index (κ1) is 18.2. The number of aromatic nitrogens is 1. The van der Waals surface area contributed by atoms with Crippen LogP contribution in [0.4, 0.5) is 4.39 Å². The van der Waals surface area contributed by atoms with Crippen LogP contribution < -0.4 is 0 Å². The number of ketones is 1. The Kier molecular flexibility index (Phi) is 5.29. The molecule has 27 heavy (non-hydrogen) atoms. The van der Waals surface area contributed by atoms with Crippen LogP contribution in [-0.4, -0.2) is 35.1 Å². The van der Waals surface area contributed by atoms with Crippen LogP contribution in [0.2, 0.25) is 0 Å². The summed E-state index contributed by atoms with van der Waals surface area (Å²) in [7, 11) is 0. The van der Waals surface area contributed by atoms with E-state index < -0.39 is 0 Å². The summed E-state index contributed by atoms with van der Waals surface area (Å²) in [4.78, 5) is 12.6. The van der Waals surface area contributed by atoms with E-state index in [1.54, 1.807) is 18.3 Å². The first-order valence-electron chi connectivity index (χ1n) is 9.03. The van der Waals surface area contributed by atoms with Gasteiger partial charge in [0.25, 0.3) is 0 Å². The van der Waals surface area contributed by atoms with Crippen LogP contribution in [0.1, 0.15) is 45.8 Å². The van der Waals surface area contributed by atoms with Gasteiger partial charge in [-0.1, -0.05) is 24.3 Å². The van der Waals surface area contributed by atoms with Gasteiger partial charge in [0.2, 0.25) is 0 Å². The van der Waals surface area contributed by atoms with Crippen LogP contribution in [0.25, 0.3) is 10.1 Å². The SMILES string of the molecule is O=C(COCCO)c1ccc2cnsc2c1Cc1ccc(C2CC2)cc1F. The smallest absolute Gasteiger partial charge is 0.188 e. The fourth-order valence-corrected chi connectivity index (χ4v) is 4.09. The Morgan fingerprint density at radius 2 is 2.15 bits per heavy atom. The lowest BCUT2D eigenvalue weighted by atomic mass is 9.95. The third-order valence-corrected chi connectivity index (χ3v) is 5.76. The number of rotatable bonds is 8. The van der Waals surface area contributed by atoms with E-state index >= 15 is 0 Å². The maximum Gasteiger partial charge on any atom is 0.188 e. The Hall–Kier alpha value is -2.15. The molecule has 1 fully saturated rings. The molecule has 140 valence electrons. The number of ether oxygens (including phenoxy) is 1. The Morgan fingerprint density at radius 3 is 2.89 bits per heavy atom. The molecule has 0 unspecified atom stereocenters. The highest BCUT2D eigenvalue weighted by molar-refractivity contribution is 7.13. The molecular formula is C21H20FNO3S. The molecule has 6 heteroatoms. The van der Waals surface area contributed by atoms with E-state index in [0.29, 0.717) is 23.5 Å². The van der Waals surface area contributed by atoms with Crippen molar-refractivity contribution in [3.63, 3.8) is 0 Å². The average Bonchev–Trinajstić information content (AvgIpc) is 3.40. The van der Waals surface area contributed by atoms with Crippen LogP contribution in [0.5, 0.6) is 0 Å². The number of hydrogen-bond acceptors (Lipinski definition) is 5. The third kappa shape index (κ3) is 3.93. The van der Waals surface area contributed by atoms with Gasteiger partial charge >= 0.3 is 0 Å². The van der Waals surface area contributed by atoms with Crippen LogP contribution >= 0.6 is 11.5 Å². The van der Waals surface area contributed by atoms with E-state index in [2.05, 4.69) is 4.37 Å². The molecule has 3 aromatic rings. The van der Waals surface area contributed by atoms with Gasteiger partial charge in [-0.3, -0.25) is 4.79 Å². The van der Waals surface area contributed by atoms with Gasteiger partial charge in [0.1, 0.15) is 12.4 Å². The standard InChI is InChI=1S/C21H20FNO3S/c22-19-10-14(13-1-2-13)3-4-15(19)9-18-17(20(25)12-26-8-7-24)6-5-16-11-23-27-21(16)18/h3-6,10-11,13,24H,1-2,7-9,12H2. The van der Waals surface area contributed by atoms with Crippen LogP contribution in [0, 0.1) is 5.82 Å². The van der Waals surface area contributed by atoms with E-state index in [4.69, 9.17) is 9.84 Å². The molecule has 0 spiro atoms. The average molecular weight is 385 g/mol. The summed E-state index contributed by atoms with van der Waals surface area (Å²) in [5, 5.41) is 9.77. The molecule has 1 saturated carbocycles. The van der Waals surface area contributed by atoms with E-state index in [9.17, 15) is 9.18 Å². The fraction of sp³-hybridized carbons (Fsp3) is 0.333. The lowest BCUT2D eigenvalue weighted by Gasteiger charge is -2.12. The zero-order valence-electron chi connectivity index (χ0n) is 14.8. The fourth-order valence-electron chi connectivity index (χ4n) is 3.30. The van der Waals surface area contributed by atoms with Gasteiger partial charge in [0.05, 0.1) is 17.9 Å². The second-order valence-corrected chi connectivity index (χ2v) is 7.64. The van der Waals surface area contributed by atoms with Crippen molar-refractivity contribution in [3.05, 3.63) is 64.6 Å². The second-order valence-electron chi connectivity index (χ2n) is 6.84. The van der Waals surface area contributed by atoms with E-state index in [0.717, 1.165) is 34.1 Å². The lowest BCUT2D eigenvalue weighted by Crippen LogP contribution is -2.14. The highest BCUT2D eigenvalue weighted by Gasteiger charge is 2.24. The number of Topliss-reactive ketones (excluding diaryl/α,β-unsaturated/α-hetero) is 1. The lowest BCUT2D eigenvalue weighted by molar-refractivity contribution is 0.0663. The monoisotopic (exact) mass is 385 g/mol. The minimum atomic E-state index is -0.226. The summed E-state index contributed by atoms with van der Waals surface area (Å²) in [6.07, 6.45) is 4.35. The summed E-state index contributed by atoms with van der Waals surface area (Å²) < 4.78 is 25.0. The first-order chi connectivity index (χ1) is 13.2. The zero-order chi connectivity index (χ0) is 18.8. The Balaban J connectivity index is 1.67. The van der Waals surface area contributed by atoms with E-state index in [1.807, 2.05) is 18.2 Å². The summed E-state index contributed by atoms with van der Waals surface area (Å²) in [5.74, 6) is 0.0962. The molecule has 1 N–H and O–H groups in total. The number of hydrogen-bond donors (Lipinski definition) is 1. The minimum absolute atomic E-state index is 0.110. The van der Waals surface area contributed by atoms with Gasteiger partial charge in [-0.2, -0.15) is 4.37 Å². The van der Waals surface area contributed by atoms with Gasteiger partial charge in [-0.25, -0.2) is 4.39 Å². The predicted octanol–water partition coefficient (Wildman–Crippen LogP) is 4.10. The Morgan fingerprint density at radius 1 is 1.30 bits per heavy atom. The molecule has 0 atom stereocenters. The highest BCUT2D eigenvalue weighted by Crippen LogP contribution is 2.40. The van der Waals surface area contributed by atoms with Crippen molar-refractivity contribution in [2.75, 3.05) is 19.8 Å². The normalized spacial score (nSPS) is 14.0. The van der Waals surface area contributed by atoms with Gasteiger partial charge in [-0.15, -0.1) is 0 Å². The van der Waals surface area contributed by atoms with Crippen LogP contribution in [0.15, 0.2) is 36.5 Å². The Labute approximate surface area is 160 Å². The van der Waals surface area contributed by atoms with Crippen molar-refractivity contribution in [1.29, 1.82) is 0 Å². The summed E-state index contributed by atoms with van der Waals surface area (Å²) in [6.45, 7) is -0.130. The number of benzene rings is 2. The quantitative estimate of drug-likeness (QED) is 0.469. The summed E-state index contributed by atoms with van der Waals surface area (Å²) in [5.41, 5.74) is 2.94. The predicted molar refractivity (Wildman–Crippen MR) is 103 cm³/mol. The number of carbonyl (C=O) groups is 1. The van der Waals surface area contributed by atoms with E-state index in [1.165, 1.54) is 11.5 Å². The van der Waals surface area contributed by atoms with Gasteiger partial charge in [0, 0.05) is 23.6 Å². The molecule has 0 aliphatic heterocycles. The number of aliphatic hydroxyl groups excluding tert-OH is 1. The number of halogens is 1. The van der Waals surface area contributed by atoms with Crippen molar-refractivity contribution in [3.8, 4) is 0 Å². The molecule has 0 saturated heterocycles. The van der Waals surface area contributed by atoms with Gasteiger partial charge < -0.3 is 9.84 Å². The minimum Gasteiger partial charge on any atom is -0.394 e. The molecule has 1 heterocycles. The molecular weight excluding hydrogens is 365 g/mol. The Bertz CT molecular complexity index is 981. The van der Waals surface area contributed by atoms with Crippen molar-refractivity contribution >= 4 is 27.4 Å². The van der Waals surface area contributed by atoms with Crippen molar-refractivity contribution in [1.82, 2.24) is 4.37 Å². The summed E-state index contributed by atoms with van der Waals surface area (Å²) >= 11 is 1.31. The largest absolute Gasteiger partial charge is 0.394 e. The highest BCUT2D eigenvalue weighted by atomic mass is 32.1. The second kappa shape index (κ2) is 7.84. The molecule has 1 aliphatic carbocycles. The number of fused-ring (bicyclic) bond motifs is 1. The van der Waals surface area contributed by atoms with E-state index in [-0.39, 0.29) is 31.4 Å². The third-order valence-electron chi connectivity index (χ3n) is 4.89. The molecule has 1 aliphatic rings. The maximum absolute atomic E-state index is 14.7. The van der Waals surface area contributed by atoms with Crippen LogP contribution in [0.3, 0.4) is 0 Å². The first-order valence-corrected chi connectivity index (χ1v) is 9.81. The van der Waals surface area contributed by atoms with Gasteiger partial charge in [-0.05, 0) is 53.0 Å². The topological polar surface area (TPSA) is 59.4 Å². The van der Waals surface area contributed by atoms with Crippen molar-refractivity contribution < 1.29 is 19.0 Å². The van der Waals surface area contributed by atoms with Crippen molar-refractivity contribution in [2.45, 2.75) is 25.2 Å². The summed E-state index contributed by atoms with van der Waals surface area (Å²) in [6, 6.07) is 9.07. The molecule has 4 nitrogen and oxygen atoms in total. The maximum atomic E-state index is 14.7. The zero-order valence-corrected chi connectivity index (χ0v) is 15.6. The molecule has 4 rings (SSSR count). The molecule has 0 amide bonds. The number of nitrogens with zero attached hydrogens (tertiary/aromatic N) is 1. The van der Waals surface area contributed by atoms with Crippen LogP contribution in [-0.2, 0) is 11.2 Å². The van der Waals surface area contributed by atoms with Crippen molar-refractivity contribution in [2.24, 2.45) is 0 Å². The number of carbonyl (C=O) groups excluding carboxylic acids is 1. The molecule has 0 bridgehead atoms. The van der Waals surface area contributed by atoms with Gasteiger partial charge in [0.15, 0.2) is 5.78 Å². The number of aliphatic hydroxyl groups is 1. The molecule has 1 aromatic heterocycles. The molecule has 2 aromatic carbocycles.